The molecule has 4 nitrogen and oxygen atoms in total. The molecule has 1 aromatic carbocycles. The van der Waals surface area contributed by atoms with E-state index in [1.165, 1.54) is 0 Å². The summed E-state index contributed by atoms with van der Waals surface area (Å²) in [5.41, 5.74) is 2.04. The molecule has 1 N–H and O–H groups in total. The van der Waals surface area contributed by atoms with E-state index in [0.29, 0.717) is 6.61 Å². The Bertz CT molecular complexity index is 420. The van der Waals surface area contributed by atoms with Gasteiger partial charge in [0.25, 0.3) is 0 Å². The van der Waals surface area contributed by atoms with Crippen molar-refractivity contribution in [2.75, 3.05) is 25.6 Å². The highest BCUT2D eigenvalue weighted by molar-refractivity contribution is 5.98. The molecule has 18 heavy (non-hydrogen) atoms. The van der Waals surface area contributed by atoms with E-state index in [2.05, 4.69) is 5.32 Å². The predicted octanol–water partition coefficient (Wildman–Crippen LogP) is 1.55. The number of piperidine rings is 1. The zero-order chi connectivity index (χ0) is 13.0. The zero-order valence-electron chi connectivity index (χ0n) is 11.0. The van der Waals surface area contributed by atoms with Crippen LogP contribution in [0, 0.1) is 0 Å². The van der Waals surface area contributed by atoms with Gasteiger partial charge in [-0.25, -0.2) is 0 Å². The van der Waals surface area contributed by atoms with Gasteiger partial charge in [-0.05, 0) is 26.0 Å². The molecule has 1 unspecified atom stereocenters. The minimum atomic E-state index is -0.0608. The van der Waals surface area contributed by atoms with Crippen LogP contribution in [-0.2, 0) is 16.1 Å². The number of nitrogens with zero attached hydrogens (tertiary/aromatic N) is 1. The van der Waals surface area contributed by atoms with Gasteiger partial charge in [-0.2, -0.15) is 0 Å². The van der Waals surface area contributed by atoms with Crippen molar-refractivity contribution in [1.29, 1.82) is 0 Å². The Kier molecular flexibility index (Phi) is 4.33. The number of hydrogen-bond acceptors (Lipinski definition) is 3. The van der Waals surface area contributed by atoms with Gasteiger partial charge in [-0.3, -0.25) is 4.79 Å². The lowest BCUT2D eigenvalue weighted by atomic mass is 10.0. The average molecular weight is 248 g/mol. The second-order valence-corrected chi connectivity index (χ2v) is 4.54. The summed E-state index contributed by atoms with van der Waals surface area (Å²) in [6.45, 7) is 1.32. The van der Waals surface area contributed by atoms with Crippen LogP contribution in [0.2, 0.25) is 0 Å². The smallest absolute Gasteiger partial charge is 0.244 e. The van der Waals surface area contributed by atoms with Crippen LogP contribution in [-0.4, -0.2) is 32.7 Å². The predicted molar refractivity (Wildman–Crippen MR) is 71.6 cm³/mol. The SMILES string of the molecule is CNC1CCCN(c2ccccc2COC)C1=O. The van der Waals surface area contributed by atoms with Gasteiger partial charge in [0.1, 0.15) is 0 Å². The number of hydrogen-bond donors (Lipinski definition) is 1. The molecule has 1 saturated heterocycles. The van der Waals surface area contributed by atoms with Gasteiger partial charge in [0.05, 0.1) is 12.6 Å². The summed E-state index contributed by atoms with van der Waals surface area (Å²) in [5.74, 6) is 0.160. The quantitative estimate of drug-likeness (QED) is 0.879. The van der Waals surface area contributed by atoms with Crippen molar-refractivity contribution in [2.45, 2.75) is 25.5 Å². The van der Waals surface area contributed by atoms with Crippen molar-refractivity contribution in [1.82, 2.24) is 5.32 Å². The molecule has 1 aromatic rings. The second-order valence-electron chi connectivity index (χ2n) is 4.54. The Morgan fingerprint density at radius 2 is 2.22 bits per heavy atom. The Hall–Kier alpha value is -1.39. The molecule has 1 heterocycles. The highest BCUT2D eigenvalue weighted by atomic mass is 16.5. The maximum atomic E-state index is 12.3. The number of methoxy groups -OCH3 is 1. The minimum Gasteiger partial charge on any atom is -0.380 e. The lowest BCUT2D eigenvalue weighted by Crippen LogP contribution is -2.50. The molecule has 0 aromatic heterocycles. The molecule has 1 fully saturated rings. The van der Waals surface area contributed by atoms with E-state index in [1.54, 1.807) is 7.11 Å². The van der Waals surface area contributed by atoms with Gasteiger partial charge in [-0.15, -0.1) is 0 Å². The van der Waals surface area contributed by atoms with Crippen molar-refractivity contribution in [3.63, 3.8) is 0 Å². The summed E-state index contributed by atoms with van der Waals surface area (Å²) in [7, 11) is 3.51. The van der Waals surface area contributed by atoms with Crippen LogP contribution in [0.3, 0.4) is 0 Å². The fourth-order valence-electron chi connectivity index (χ4n) is 2.43. The average Bonchev–Trinajstić information content (AvgIpc) is 2.40. The molecule has 1 atom stereocenters. The van der Waals surface area contributed by atoms with Gasteiger partial charge in [-0.1, -0.05) is 18.2 Å². The van der Waals surface area contributed by atoms with Crippen LogP contribution in [0.1, 0.15) is 18.4 Å². The number of carbonyl (C=O) groups is 1. The van der Waals surface area contributed by atoms with Crippen LogP contribution >= 0.6 is 0 Å². The largest absolute Gasteiger partial charge is 0.380 e. The minimum absolute atomic E-state index is 0.0608. The molecule has 4 heteroatoms. The van der Waals surface area contributed by atoms with Crippen LogP contribution in [0.15, 0.2) is 24.3 Å². The third-order valence-corrected chi connectivity index (χ3v) is 3.37. The molecule has 0 radical (unpaired) electrons. The molecule has 2 rings (SSSR count). The number of para-hydroxylation sites is 1. The summed E-state index contributed by atoms with van der Waals surface area (Å²) in [6, 6.07) is 7.88. The molecule has 0 bridgehead atoms. The number of nitrogens with one attached hydrogen (secondary N) is 1. The van der Waals surface area contributed by atoms with E-state index in [9.17, 15) is 4.79 Å². The maximum Gasteiger partial charge on any atom is 0.244 e. The third-order valence-electron chi connectivity index (χ3n) is 3.37. The Labute approximate surface area is 108 Å². The van der Waals surface area contributed by atoms with Crippen molar-refractivity contribution in [3.05, 3.63) is 29.8 Å². The number of anilines is 1. The molecule has 1 amide bonds. The Morgan fingerprint density at radius 3 is 2.94 bits per heavy atom. The first kappa shape index (κ1) is 13.1. The molecule has 1 aliphatic rings. The molecular formula is C14H20N2O2. The molecule has 0 saturated carbocycles. The van der Waals surface area contributed by atoms with E-state index in [0.717, 1.165) is 30.6 Å². The van der Waals surface area contributed by atoms with E-state index < -0.39 is 0 Å². The van der Waals surface area contributed by atoms with Crippen LogP contribution < -0.4 is 10.2 Å². The second kappa shape index (κ2) is 5.98. The fraction of sp³-hybridized carbons (Fsp3) is 0.500. The molecule has 1 aliphatic heterocycles. The number of carbonyl (C=O) groups excluding carboxylic acids is 1. The lowest BCUT2D eigenvalue weighted by Gasteiger charge is -2.33. The summed E-state index contributed by atoms with van der Waals surface area (Å²) in [5, 5.41) is 3.08. The van der Waals surface area contributed by atoms with E-state index in [1.807, 2.05) is 36.2 Å². The van der Waals surface area contributed by atoms with E-state index in [4.69, 9.17) is 4.74 Å². The normalized spacial score (nSPS) is 20.2. The highest BCUT2D eigenvalue weighted by Gasteiger charge is 2.29. The monoisotopic (exact) mass is 248 g/mol. The van der Waals surface area contributed by atoms with Crippen molar-refractivity contribution >= 4 is 11.6 Å². The number of amides is 1. The van der Waals surface area contributed by atoms with E-state index >= 15 is 0 Å². The van der Waals surface area contributed by atoms with Gasteiger partial charge in [0.15, 0.2) is 0 Å². The Morgan fingerprint density at radius 1 is 1.44 bits per heavy atom. The van der Waals surface area contributed by atoms with Crippen LogP contribution in [0.5, 0.6) is 0 Å². The first-order valence-electron chi connectivity index (χ1n) is 6.33. The lowest BCUT2D eigenvalue weighted by molar-refractivity contribution is -0.121. The fourth-order valence-corrected chi connectivity index (χ4v) is 2.43. The molecule has 98 valence electrons. The molecule has 0 aliphatic carbocycles. The van der Waals surface area contributed by atoms with Crippen molar-refractivity contribution in [2.24, 2.45) is 0 Å². The van der Waals surface area contributed by atoms with Gasteiger partial charge in [0, 0.05) is 24.9 Å². The number of ether oxygens (including phenoxy) is 1. The third kappa shape index (κ3) is 2.54. The summed E-state index contributed by atoms with van der Waals surface area (Å²) in [4.78, 5) is 14.2. The van der Waals surface area contributed by atoms with Crippen molar-refractivity contribution in [3.8, 4) is 0 Å². The Balaban J connectivity index is 2.27. The summed E-state index contributed by atoms with van der Waals surface area (Å²) >= 11 is 0. The number of likely N-dealkylation sites (N-methyl/N-ethyl adjacent to an activating group) is 1. The first-order chi connectivity index (χ1) is 8.77. The first-order valence-corrected chi connectivity index (χ1v) is 6.33. The maximum absolute atomic E-state index is 12.3. The van der Waals surface area contributed by atoms with Crippen LogP contribution in [0.4, 0.5) is 5.69 Å². The topological polar surface area (TPSA) is 41.6 Å². The van der Waals surface area contributed by atoms with E-state index in [-0.39, 0.29) is 11.9 Å². The van der Waals surface area contributed by atoms with Gasteiger partial charge < -0.3 is 15.0 Å². The number of benzene rings is 1. The molecule has 0 spiro atoms. The van der Waals surface area contributed by atoms with Gasteiger partial charge in [0.2, 0.25) is 5.91 Å². The zero-order valence-corrected chi connectivity index (χ0v) is 11.0. The van der Waals surface area contributed by atoms with Gasteiger partial charge >= 0.3 is 0 Å². The standard InChI is InChI=1S/C14H20N2O2/c1-15-12-7-5-9-16(14(12)17)13-8-4-3-6-11(13)10-18-2/h3-4,6,8,12,15H,5,7,9-10H2,1-2H3. The summed E-state index contributed by atoms with van der Waals surface area (Å²) in [6.07, 6.45) is 1.94. The number of rotatable bonds is 4. The highest BCUT2D eigenvalue weighted by Crippen LogP contribution is 2.25. The van der Waals surface area contributed by atoms with Crippen molar-refractivity contribution < 1.29 is 9.53 Å². The molecular weight excluding hydrogens is 228 g/mol. The summed E-state index contributed by atoms with van der Waals surface area (Å²) < 4.78 is 5.19. The van der Waals surface area contributed by atoms with Crippen LogP contribution in [0.25, 0.3) is 0 Å².